The fraction of sp³-hybridized carbons (Fsp3) is 0.152. The monoisotopic (exact) mass is 588 g/mol. The maximum Gasteiger partial charge on any atom is 0.416 e. The Balaban J connectivity index is 1.41. The number of aliphatic imine (C=N–C) groups is 1. The Labute approximate surface area is 246 Å². The lowest BCUT2D eigenvalue weighted by Gasteiger charge is -2.16. The van der Waals surface area contributed by atoms with Crippen LogP contribution in [0.25, 0.3) is 6.08 Å². The molecule has 0 bridgehead atoms. The third-order valence-electron chi connectivity index (χ3n) is 6.49. The van der Waals surface area contributed by atoms with E-state index in [0.717, 1.165) is 28.9 Å². The second-order valence-corrected chi connectivity index (χ2v) is 10.7. The van der Waals surface area contributed by atoms with Crippen molar-refractivity contribution in [3.8, 4) is 11.5 Å². The Morgan fingerprint density at radius 2 is 1.57 bits per heavy atom. The molecule has 5 rings (SSSR count). The van der Waals surface area contributed by atoms with Crippen LogP contribution in [0.1, 0.15) is 27.8 Å². The number of amidine groups is 1. The largest absolute Gasteiger partial charge is 0.493 e. The van der Waals surface area contributed by atoms with E-state index in [4.69, 9.17) is 14.5 Å². The summed E-state index contributed by atoms with van der Waals surface area (Å²) in [4.78, 5) is 20.5. The molecular weight excluding hydrogens is 561 g/mol. The van der Waals surface area contributed by atoms with E-state index in [2.05, 4.69) is 0 Å². The van der Waals surface area contributed by atoms with Crippen LogP contribution in [0, 0.1) is 13.8 Å². The van der Waals surface area contributed by atoms with Crippen LogP contribution >= 0.6 is 11.8 Å². The van der Waals surface area contributed by atoms with Gasteiger partial charge in [-0.1, -0.05) is 53.6 Å². The number of rotatable bonds is 7. The molecule has 1 amide bonds. The van der Waals surface area contributed by atoms with Gasteiger partial charge in [-0.15, -0.1) is 0 Å². The number of alkyl halides is 3. The highest BCUT2D eigenvalue weighted by Crippen LogP contribution is 2.39. The van der Waals surface area contributed by atoms with Crippen molar-refractivity contribution in [3.63, 3.8) is 0 Å². The Hall–Kier alpha value is -4.50. The highest BCUT2D eigenvalue weighted by molar-refractivity contribution is 8.19. The number of halogens is 3. The van der Waals surface area contributed by atoms with E-state index in [9.17, 15) is 18.0 Å². The molecule has 0 spiro atoms. The molecule has 1 fully saturated rings. The first-order valence-electron chi connectivity index (χ1n) is 13.0. The van der Waals surface area contributed by atoms with Crippen LogP contribution in [-0.2, 0) is 17.6 Å². The van der Waals surface area contributed by atoms with Crippen molar-refractivity contribution in [3.05, 3.63) is 124 Å². The number of benzene rings is 4. The Morgan fingerprint density at radius 1 is 0.881 bits per heavy atom. The lowest BCUT2D eigenvalue weighted by Crippen LogP contribution is -2.28. The van der Waals surface area contributed by atoms with Crippen molar-refractivity contribution < 1.29 is 27.4 Å². The maximum absolute atomic E-state index is 13.6. The van der Waals surface area contributed by atoms with Crippen molar-refractivity contribution in [2.45, 2.75) is 26.6 Å². The van der Waals surface area contributed by atoms with E-state index in [1.807, 2.05) is 62.4 Å². The van der Waals surface area contributed by atoms with Crippen LogP contribution in [0.2, 0.25) is 0 Å². The molecule has 0 atom stereocenters. The third-order valence-corrected chi connectivity index (χ3v) is 7.46. The molecule has 1 aliphatic rings. The zero-order chi connectivity index (χ0) is 29.9. The molecule has 0 radical (unpaired) electrons. The first-order chi connectivity index (χ1) is 20.1. The molecule has 42 heavy (non-hydrogen) atoms. The number of hydrogen-bond donors (Lipinski definition) is 0. The molecule has 0 N–H and O–H groups in total. The summed E-state index contributed by atoms with van der Waals surface area (Å²) in [5, 5.41) is 0.534. The molecule has 0 aliphatic carbocycles. The van der Waals surface area contributed by atoms with E-state index in [-0.39, 0.29) is 12.5 Å². The molecule has 0 saturated carbocycles. The second-order valence-electron chi connectivity index (χ2n) is 9.71. The fourth-order valence-corrected chi connectivity index (χ4v) is 5.24. The maximum atomic E-state index is 13.6. The number of amides is 1. The molecule has 5 nitrogen and oxygen atoms in total. The molecule has 0 unspecified atom stereocenters. The summed E-state index contributed by atoms with van der Waals surface area (Å²) in [5.41, 5.74) is 3.97. The molecule has 4 aromatic carbocycles. The van der Waals surface area contributed by atoms with Crippen LogP contribution in [0.15, 0.2) is 101 Å². The van der Waals surface area contributed by atoms with Crippen LogP contribution < -0.4 is 14.4 Å². The van der Waals surface area contributed by atoms with Crippen molar-refractivity contribution in [1.82, 2.24) is 0 Å². The standard InChI is InChI=1S/C33H27F3N2O3S/c1-21-7-12-26(13-8-21)37-32-38(27-14-9-22(2)10-15-27)31(39)30(42-32)19-23-11-16-28(29(18-23)40-3)41-20-24-5-4-6-25(17-24)33(34,35)36/h4-19H,20H2,1-3H3. The third kappa shape index (κ3) is 6.69. The van der Waals surface area contributed by atoms with Crippen molar-refractivity contribution in [2.24, 2.45) is 4.99 Å². The average molecular weight is 589 g/mol. The quantitative estimate of drug-likeness (QED) is 0.203. The molecular formula is C33H27F3N2O3S. The number of nitrogens with zero attached hydrogens (tertiary/aromatic N) is 2. The number of carbonyl (C=O) groups excluding carboxylic acids is 1. The minimum atomic E-state index is -4.43. The van der Waals surface area contributed by atoms with Crippen molar-refractivity contribution in [1.29, 1.82) is 0 Å². The minimum absolute atomic E-state index is 0.0700. The summed E-state index contributed by atoms with van der Waals surface area (Å²) < 4.78 is 50.5. The van der Waals surface area contributed by atoms with Gasteiger partial charge in [0.05, 0.1) is 29.0 Å². The van der Waals surface area contributed by atoms with Crippen LogP contribution in [0.5, 0.6) is 11.5 Å². The lowest BCUT2D eigenvalue weighted by molar-refractivity contribution is -0.137. The van der Waals surface area contributed by atoms with Gasteiger partial charge in [0.15, 0.2) is 16.7 Å². The minimum Gasteiger partial charge on any atom is -0.493 e. The average Bonchev–Trinajstić information content (AvgIpc) is 3.27. The van der Waals surface area contributed by atoms with Gasteiger partial charge < -0.3 is 9.47 Å². The fourth-order valence-electron chi connectivity index (χ4n) is 4.24. The first kappa shape index (κ1) is 29.0. The Kier molecular flexibility index (Phi) is 8.40. The molecule has 9 heteroatoms. The van der Waals surface area contributed by atoms with Gasteiger partial charge in [-0.3, -0.25) is 9.69 Å². The van der Waals surface area contributed by atoms with Gasteiger partial charge in [-0.25, -0.2) is 4.99 Å². The van der Waals surface area contributed by atoms with Gasteiger partial charge in [-0.2, -0.15) is 13.2 Å². The zero-order valence-corrected chi connectivity index (χ0v) is 23.9. The summed E-state index contributed by atoms with van der Waals surface area (Å²) in [6.07, 6.45) is -2.68. The lowest BCUT2D eigenvalue weighted by atomic mass is 10.1. The topological polar surface area (TPSA) is 51.1 Å². The SMILES string of the molecule is COc1cc(C=C2SC(=Nc3ccc(C)cc3)N(c3ccc(C)cc3)C2=O)ccc1OCc1cccc(C(F)(F)F)c1. The van der Waals surface area contributed by atoms with Crippen molar-refractivity contribution >= 4 is 40.3 Å². The molecule has 4 aromatic rings. The van der Waals surface area contributed by atoms with Gasteiger partial charge in [0.25, 0.3) is 5.91 Å². The predicted molar refractivity (Wildman–Crippen MR) is 161 cm³/mol. The highest BCUT2D eigenvalue weighted by Gasteiger charge is 2.35. The normalized spacial score (nSPS) is 15.5. The van der Waals surface area contributed by atoms with E-state index < -0.39 is 11.7 Å². The molecule has 1 heterocycles. The summed E-state index contributed by atoms with van der Waals surface area (Å²) in [6, 6.07) is 25.6. The van der Waals surface area contributed by atoms with E-state index in [0.29, 0.717) is 38.4 Å². The van der Waals surface area contributed by atoms with E-state index in [1.54, 1.807) is 35.2 Å². The highest BCUT2D eigenvalue weighted by atomic mass is 32.2. The Bertz CT molecular complexity index is 1660. The van der Waals surface area contributed by atoms with Gasteiger partial charge in [0, 0.05) is 0 Å². The smallest absolute Gasteiger partial charge is 0.416 e. The van der Waals surface area contributed by atoms with Gasteiger partial charge in [0.2, 0.25) is 0 Å². The van der Waals surface area contributed by atoms with Gasteiger partial charge in [0.1, 0.15) is 6.61 Å². The summed E-state index contributed by atoms with van der Waals surface area (Å²) >= 11 is 1.27. The molecule has 0 aromatic heterocycles. The number of thioether (sulfide) groups is 1. The molecule has 1 aliphatic heterocycles. The number of methoxy groups -OCH3 is 1. The Morgan fingerprint density at radius 3 is 2.24 bits per heavy atom. The second kappa shape index (κ2) is 12.2. The van der Waals surface area contributed by atoms with Crippen LogP contribution in [-0.4, -0.2) is 18.2 Å². The van der Waals surface area contributed by atoms with E-state index in [1.165, 1.54) is 24.9 Å². The van der Waals surface area contributed by atoms with Crippen molar-refractivity contribution in [2.75, 3.05) is 12.0 Å². The summed E-state index contributed by atoms with van der Waals surface area (Å²) in [5.74, 6) is 0.541. The van der Waals surface area contributed by atoms with Crippen LogP contribution in [0.3, 0.4) is 0 Å². The van der Waals surface area contributed by atoms with Gasteiger partial charge >= 0.3 is 6.18 Å². The number of hydrogen-bond acceptors (Lipinski definition) is 5. The van der Waals surface area contributed by atoms with Gasteiger partial charge in [-0.05, 0) is 91.3 Å². The first-order valence-corrected chi connectivity index (χ1v) is 13.9. The number of ether oxygens (including phenoxy) is 2. The van der Waals surface area contributed by atoms with E-state index >= 15 is 0 Å². The predicted octanol–water partition coefficient (Wildman–Crippen LogP) is 8.72. The molecule has 214 valence electrons. The number of carbonyl (C=O) groups is 1. The summed E-state index contributed by atoms with van der Waals surface area (Å²) in [7, 11) is 1.48. The van der Waals surface area contributed by atoms with Crippen LogP contribution in [0.4, 0.5) is 24.5 Å². The zero-order valence-electron chi connectivity index (χ0n) is 23.1. The number of anilines is 1. The number of aryl methyl sites for hydroxylation is 2. The summed E-state index contributed by atoms with van der Waals surface area (Å²) in [6.45, 7) is 3.91. The molecule has 1 saturated heterocycles.